The first kappa shape index (κ1) is 54.2. The highest BCUT2D eigenvalue weighted by Crippen LogP contribution is 2.48. The van der Waals surface area contributed by atoms with Gasteiger partial charge in [0.2, 0.25) is 11.9 Å². The molecule has 0 aliphatic rings. The SMILES string of the molecule is CCCS(=O)(=O)c1ccc(Nc2nc(F)nc(Nc3ccc(S(=O)(=O)O)c(N=Nc4c(SOOO)cc5c(N=Nc6ccc(S(=O)(=O)CCOSOOO)cc6S(=O)(=O)O)c(N)ccc5c4O)c3)n2)cc1. The molecule has 0 spiro atoms. The number of hydrogen-bond donors (Lipinski definition) is 8. The topological polar surface area (TPSA) is 422 Å². The summed E-state index contributed by atoms with van der Waals surface area (Å²) in [5.41, 5.74) is 4.32. The fourth-order valence-electron chi connectivity index (χ4n) is 6.00. The van der Waals surface area contributed by atoms with E-state index in [0.29, 0.717) is 12.5 Å². The number of aromatic nitrogens is 3. The van der Waals surface area contributed by atoms with Crippen LogP contribution in [0.15, 0.2) is 124 Å². The second-order valence-electron chi connectivity index (χ2n) is 13.8. The highest BCUT2D eigenvalue weighted by atomic mass is 32.2. The fourth-order valence-corrected chi connectivity index (χ4v) is 10.6. The molecule has 0 unspecified atom stereocenters. The molecule has 0 radical (unpaired) electrons. The van der Waals surface area contributed by atoms with Crippen LogP contribution in [0.5, 0.6) is 5.75 Å². The van der Waals surface area contributed by atoms with Crippen molar-refractivity contribution < 1.29 is 85.7 Å². The fraction of sp³-hybridized carbons (Fsp3) is 0.139. The Morgan fingerprint density at radius 2 is 1.27 bits per heavy atom. The van der Waals surface area contributed by atoms with E-state index >= 15 is 0 Å². The molecule has 0 saturated heterocycles. The number of hydrogen-bond acceptors (Lipinski definition) is 28. The van der Waals surface area contributed by atoms with Crippen molar-refractivity contribution in [2.45, 2.75) is 37.8 Å². The molecule has 6 rings (SSSR count). The lowest BCUT2D eigenvalue weighted by Gasteiger charge is -2.12. The van der Waals surface area contributed by atoms with E-state index in [0.717, 1.165) is 30.3 Å². The maximum absolute atomic E-state index is 14.6. The molecule has 0 bridgehead atoms. The lowest BCUT2D eigenvalue weighted by Crippen LogP contribution is -2.12. The van der Waals surface area contributed by atoms with Crippen LogP contribution in [0.4, 0.5) is 56.1 Å². The van der Waals surface area contributed by atoms with Gasteiger partial charge in [0, 0.05) is 22.1 Å². The average Bonchev–Trinajstić information content (AvgIpc) is 3.29. The quantitative estimate of drug-likeness (QED) is 0.00580. The number of nitrogens with one attached hydrogen (secondary N) is 2. The summed E-state index contributed by atoms with van der Waals surface area (Å²) in [6, 6.07) is 14.6. The number of halogens is 1. The summed E-state index contributed by atoms with van der Waals surface area (Å²) in [5.74, 6) is -2.29. The van der Waals surface area contributed by atoms with Crippen LogP contribution in [0.2, 0.25) is 0 Å². The molecule has 5 aromatic carbocycles. The average molecular weight is 1110 g/mol. The molecule has 0 amide bonds. The zero-order chi connectivity index (χ0) is 51.7. The predicted molar refractivity (Wildman–Crippen MR) is 247 cm³/mol. The zero-order valence-electron chi connectivity index (χ0n) is 35.4. The second-order valence-corrected chi connectivity index (χ2v) is 22.0. The van der Waals surface area contributed by atoms with Crippen molar-refractivity contribution in [2.75, 3.05) is 34.5 Å². The zero-order valence-corrected chi connectivity index (χ0v) is 40.3. The molecule has 0 aliphatic carbocycles. The molecule has 9 N–H and O–H groups in total. The smallest absolute Gasteiger partial charge is 0.315 e. The molecule has 35 heteroatoms. The predicted octanol–water partition coefficient (Wildman–Crippen LogP) is 7.65. The van der Waals surface area contributed by atoms with Crippen LogP contribution in [0.1, 0.15) is 13.3 Å². The van der Waals surface area contributed by atoms with Crippen molar-refractivity contribution in [1.29, 1.82) is 0 Å². The van der Waals surface area contributed by atoms with Gasteiger partial charge in [-0.05, 0) is 85.3 Å². The van der Waals surface area contributed by atoms with Gasteiger partial charge in [0.25, 0.3) is 20.2 Å². The minimum absolute atomic E-state index is 0.0628. The lowest BCUT2D eigenvalue weighted by molar-refractivity contribution is -0.434. The summed E-state index contributed by atoms with van der Waals surface area (Å²) in [5, 5.41) is 56.6. The van der Waals surface area contributed by atoms with Gasteiger partial charge < -0.3 is 21.5 Å². The van der Waals surface area contributed by atoms with E-state index in [1.807, 2.05) is 0 Å². The van der Waals surface area contributed by atoms with E-state index in [9.17, 15) is 52.3 Å². The van der Waals surface area contributed by atoms with Gasteiger partial charge in [-0.2, -0.15) is 36.2 Å². The van der Waals surface area contributed by atoms with E-state index in [-0.39, 0.29) is 79.4 Å². The Morgan fingerprint density at radius 1 is 0.662 bits per heavy atom. The molecular formula is C36H33FN10O18S6. The first-order chi connectivity index (χ1) is 33.5. The Balaban J connectivity index is 1.34. The molecule has 28 nitrogen and oxygen atoms in total. The van der Waals surface area contributed by atoms with Gasteiger partial charge in [-0.1, -0.05) is 17.0 Å². The lowest BCUT2D eigenvalue weighted by atomic mass is 10.1. The summed E-state index contributed by atoms with van der Waals surface area (Å²) >= 11 is 0.307. The van der Waals surface area contributed by atoms with Crippen molar-refractivity contribution in [3.63, 3.8) is 0 Å². The van der Waals surface area contributed by atoms with Crippen LogP contribution in [0, 0.1) is 6.08 Å². The standard InChI is InChI=1S/C36H33FN10O18S6/c1-2-14-68(51,52)21-6-3-19(4-7-21)39-35-41-34(37)42-36(43-35)40-20-5-12-29(70(55,56)57)27(16-20)45-47-32-28(66-64-62-49)18-24-23(33(32)48)9-10-25(38)31(24)46-44-26-11-8-22(17-30(26)71(58,59)60)69(53,54)15-13-61-67-65-63-50/h3-12,16-18,48-50H,2,13-15,38H2,1H3,(H,55,56,57)(H,58,59,60)(H2,39,40,41,42,43). The van der Waals surface area contributed by atoms with Gasteiger partial charge in [0.15, 0.2) is 37.7 Å². The number of nitrogen functional groups attached to an aromatic ring is 1. The number of rotatable bonds is 23. The van der Waals surface area contributed by atoms with Gasteiger partial charge in [0.1, 0.15) is 32.5 Å². The molecule has 0 atom stereocenters. The molecule has 71 heavy (non-hydrogen) atoms. The minimum Gasteiger partial charge on any atom is -0.505 e. The normalized spacial score (nSPS) is 12.6. The van der Waals surface area contributed by atoms with Gasteiger partial charge in [-0.15, -0.1) is 29.1 Å². The van der Waals surface area contributed by atoms with Crippen molar-refractivity contribution in [2.24, 2.45) is 20.5 Å². The van der Waals surface area contributed by atoms with E-state index in [2.05, 4.69) is 64.8 Å². The van der Waals surface area contributed by atoms with Gasteiger partial charge in [0.05, 0.1) is 50.5 Å². The number of fused-ring (bicyclic) bond motifs is 1. The number of phenolic OH excluding ortho intramolecular Hbond substituents is 1. The molecule has 0 saturated carbocycles. The Morgan fingerprint density at radius 3 is 1.92 bits per heavy atom. The van der Waals surface area contributed by atoms with Crippen LogP contribution in [-0.4, -0.2) is 91.5 Å². The number of sulfone groups is 2. The van der Waals surface area contributed by atoms with Crippen molar-refractivity contribution >= 4 is 127 Å². The molecule has 6 aromatic rings. The maximum Gasteiger partial charge on any atom is 0.315 e. The first-order valence-corrected chi connectivity index (χ1v) is 26.7. The van der Waals surface area contributed by atoms with E-state index < -0.39 is 102 Å². The summed E-state index contributed by atoms with van der Waals surface area (Å²) in [4.78, 5) is 8.64. The Labute approximate surface area is 408 Å². The number of azo groups is 2. The number of anilines is 5. The number of nitrogens with zero attached hydrogens (tertiary/aromatic N) is 7. The third-order valence-electron chi connectivity index (χ3n) is 9.06. The Hall–Kier alpha value is -6.16. The minimum atomic E-state index is -5.18. The summed E-state index contributed by atoms with van der Waals surface area (Å²) in [6.07, 6.45) is -0.869. The van der Waals surface area contributed by atoms with Gasteiger partial charge >= 0.3 is 6.08 Å². The van der Waals surface area contributed by atoms with Crippen molar-refractivity contribution in [3.8, 4) is 5.75 Å². The highest BCUT2D eigenvalue weighted by molar-refractivity contribution is 7.94. The van der Waals surface area contributed by atoms with Crippen LogP contribution < -0.4 is 16.4 Å². The van der Waals surface area contributed by atoms with E-state index in [4.69, 9.17) is 20.4 Å². The largest absolute Gasteiger partial charge is 0.505 e. The summed E-state index contributed by atoms with van der Waals surface area (Å²) < 4.78 is 148. The highest BCUT2D eigenvalue weighted by Gasteiger charge is 2.24. The molecular weight excluding hydrogens is 1070 g/mol. The van der Waals surface area contributed by atoms with E-state index in [1.165, 1.54) is 42.5 Å². The van der Waals surface area contributed by atoms with Crippen LogP contribution in [-0.2, 0) is 62.8 Å². The second kappa shape index (κ2) is 22.9. The summed E-state index contributed by atoms with van der Waals surface area (Å²) in [6.45, 7) is 1.20. The number of phenols is 1. The summed E-state index contributed by atoms with van der Waals surface area (Å²) in [7, 11) is -18.0. The first-order valence-electron chi connectivity index (χ1n) is 19.1. The molecule has 0 aliphatic heterocycles. The maximum atomic E-state index is 14.6. The monoisotopic (exact) mass is 1100 g/mol. The van der Waals surface area contributed by atoms with Crippen molar-refractivity contribution in [3.05, 3.63) is 84.9 Å². The van der Waals surface area contributed by atoms with Gasteiger partial charge in [-0.25, -0.2) is 27.4 Å². The van der Waals surface area contributed by atoms with Crippen LogP contribution in [0.3, 0.4) is 0 Å². The van der Waals surface area contributed by atoms with Crippen LogP contribution >= 0.6 is 24.4 Å². The molecule has 0 fully saturated rings. The van der Waals surface area contributed by atoms with Crippen LogP contribution in [0.25, 0.3) is 10.8 Å². The molecule has 1 heterocycles. The molecule has 1 aromatic heterocycles. The Kier molecular flexibility index (Phi) is 17.5. The number of nitrogens with two attached hydrogens (primary N) is 1. The Bertz CT molecular complexity index is 3490. The van der Waals surface area contributed by atoms with E-state index in [1.54, 1.807) is 6.92 Å². The third kappa shape index (κ3) is 13.8. The number of benzene rings is 5. The van der Waals surface area contributed by atoms with Gasteiger partial charge in [-0.3, -0.25) is 13.3 Å². The number of aromatic hydroxyl groups is 1. The van der Waals surface area contributed by atoms with Crippen molar-refractivity contribution in [1.82, 2.24) is 15.0 Å². The third-order valence-corrected chi connectivity index (χ3v) is 15.5. The molecule has 378 valence electrons.